The van der Waals surface area contributed by atoms with Crippen molar-refractivity contribution in [3.8, 4) is 23.0 Å². The maximum atomic E-state index is 13.6. The van der Waals surface area contributed by atoms with E-state index in [2.05, 4.69) is 220 Å². The lowest BCUT2D eigenvalue weighted by molar-refractivity contribution is -0.269. The topological polar surface area (TPSA) is 146 Å². The first kappa shape index (κ1) is 85.6. The van der Waals surface area contributed by atoms with E-state index >= 15 is 0 Å². The van der Waals surface area contributed by atoms with Gasteiger partial charge in [0.05, 0.1) is 30.7 Å². The minimum atomic E-state index is -5.37. The Bertz CT molecular complexity index is 3800. The fraction of sp³-hybridized carbons (Fsp3) is 0.442. The fourth-order valence-electron chi connectivity index (χ4n) is 13.6. The lowest BCUT2D eigenvalue weighted by atomic mass is 9.68. The van der Waals surface area contributed by atoms with Crippen LogP contribution >= 0.6 is 11.9 Å². The first-order chi connectivity index (χ1) is 49.3. The number of aromatic hydroxyl groups is 4. The van der Waals surface area contributed by atoms with Crippen molar-refractivity contribution in [2.45, 2.75) is 215 Å². The number of phenolic OH excluding ortho intramolecular Hbond substituents is 4. The third-order valence-electron chi connectivity index (χ3n) is 20.2. The van der Waals surface area contributed by atoms with Gasteiger partial charge in [0, 0.05) is 90.7 Å². The second-order valence-electron chi connectivity index (χ2n) is 28.5. The first-order valence-corrected chi connectivity index (χ1v) is 37.9. The predicted molar refractivity (Wildman–Crippen MR) is 412 cm³/mol. The van der Waals surface area contributed by atoms with E-state index in [-0.39, 0.29) is 59.2 Å². The van der Waals surface area contributed by atoms with Crippen LogP contribution in [-0.4, -0.2) is 76.2 Å². The molecule has 2 unspecified atom stereocenters. The van der Waals surface area contributed by atoms with Crippen molar-refractivity contribution in [2.75, 3.05) is 34.4 Å². The summed E-state index contributed by atoms with van der Waals surface area (Å²) < 4.78 is 96.5. The minimum Gasteiger partial charge on any atom is -0.507 e. The predicted octanol–water partition coefficient (Wildman–Crippen LogP) is 22.3. The summed E-state index contributed by atoms with van der Waals surface area (Å²) in [4.78, 5) is 18.1. The van der Waals surface area contributed by atoms with E-state index < -0.39 is 34.5 Å². The number of hydrogen-bond acceptors (Lipinski definition) is 11. The Labute approximate surface area is 620 Å². The summed E-state index contributed by atoms with van der Waals surface area (Å²) in [5.74, 6) is -8.10. The van der Waals surface area contributed by atoms with Gasteiger partial charge >= 0.3 is 17.1 Å². The van der Waals surface area contributed by atoms with Gasteiger partial charge < -0.3 is 34.6 Å². The number of hydrogen-bond donors (Lipinski definition) is 4. The van der Waals surface area contributed by atoms with E-state index in [1.54, 1.807) is 21.3 Å². The Hall–Kier alpha value is -7.32. The zero-order valence-corrected chi connectivity index (χ0v) is 64.8. The zero-order chi connectivity index (χ0) is 77.0. The molecule has 8 aromatic rings. The Morgan fingerprint density at radius 3 is 1.09 bits per heavy atom. The molecule has 0 spiro atoms. The quantitative estimate of drug-likeness (QED) is 0.0210. The van der Waals surface area contributed by atoms with Crippen LogP contribution in [0.5, 0.6) is 23.0 Å². The molecule has 1 saturated heterocycles. The van der Waals surface area contributed by atoms with Crippen molar-refractivity contribution in [1.29, 1.82) is 0 Å². The van der Waals surface area contributed by atoms with Gasteiger partial charge in [0.25, 0.3) is 0 Å². The molecule has 104 heavy (non-hydrogen) atoms. The monoisotopic (exact) mass is 1480 g/mol. The summed E-state index contributed by atoms with van der Waals surface area (Å²) in [7, 11) is 4.92. The number of aryl methyl sites for hydroxylation is 5. The van der Waals surface area contributed by atoms with E-state index in [0.29, 0.717) is 56.5 Å². The van der Waals surface area contributed by atoms with Crippen LogP contribution in [0, 0.1) is 21.8 Å². The second-order valence-corrected chi connectivity index (χ2v) is 31.8. The molecule has 0 aromatic heterocycles. The lowest BCUT2D eigenvalue weighted by Gasteiger charge is -2.42. The largest absolute Gasteiger partial charge is 0.507 e. The number of methoxy groups -OCH3 is 3. The molecule has 0 radical (unpaired) electrons. The SMILES string of the molecule is CC(F)(F)C(F)(F)C(F)(F)SN1CCC2CCCCC2C1.CCc1cc(C(C)(C)C)cc(COC)c1O.CCc1cc(C(C)(C)c2ccc(C(C)(c3cc(CC)c(O)c(COC)c3)c3cc(CC)c(O)c(COC)c3)cc2)cc(CC)c1O.O=O.c1ccc([S+](c2ccccc2)c2ccccc2)cc1. The van der Waals surface area contributed by atoms with Gasteiger partial charge in [-0.15, -0.1) is 0 Å². The summed E-state index contributed by atoms with van der Waals surface area (Å²) in [6.45, 7) is 24.9. The molecular formula is C86H108F6NO9S2+. The van der Waals surface area contributed by atoms with Crippen molar-refractivity contribution in [2.24, 2.45) is 11.8 Å². The summed E-state index contributed by atoms with van der Waals surface area (Å²) in [5, 5.41) is 38.1. The van der Waals surface area contributed by atoms with Gasteiger partial charge in [0.2, 0.25) is 0 Å². The fourth-order valence-corrected chi connectivity index (χ4v) is 16.8. The van der Waals surface area contributed by atoms with E-state index in [1.807, 2.05) is 19.9 Å². The van der Waals surface area contributed by atoms with E-state index in [1.165, 1.54) is 31.4 Å². The molecule has 564 valence electrons. The van der Waals surface area contributed by atoms with Crippen molar-refractivity contribution < 1.29 is 61.0 Å². The molecule has 10 nitrogen and oxygen atoms in total. The smallest absolute Gasteiger partial charge is 0.382 e. The third-order valence-corrected chi connectivity index (χ3v) is 23.5. The molecule has 0 amide bonds. The second kappa shape index (κ2) is 38.3. The summed E-state index contributed by atoms with van der Waals surface area (Å²) in [6.07, 6.45) is 8.48. The molecule has 1 aliphatic heterocycles. The summed E-state index contributed by atoms with van der Waals surface area (Å²) >= 11 is -0.418. The molecule has 2 atom stereocenters. The lowest BCUT2D eigenvalue weighted by Crippen LogP contribution is -2.53. The van der Waals surface area contributed by atoms with Gasteiger partial charge in [-0.3, -0.25) is 0 Å². The van der Waals surface area contributed by atoms with Crippen LogP contribution in [0.25, 0.3) is 0 Å². The number of fused-ring (bicyclic) bond motifs is 1. The molecule has 4 N–H and O–H groups in total. The molecule has 8 aromatic carbocycles. The molecule has 0 bridgehead atoms. The number of halogens is 6. The number of ether oxygens (including phenoxy) is 3. The Morgan fingerprint density at radius 2 is 0.740 bits per heavy atom. The highest BCUT2D eigenvalue weighted by Crippen LogP contribution is 2.54. The Morgan fingerprint density at radius 1 is 0.423 bits per heavy atom. The van der Waals surface area contributed by atoms with Gasteiger partial charge in [-0.2, -0.15) is 26.3 Å². The number of piperidine rings is 1. The van der Waals surface area contributed by atoms with Crippen LogP contribution < -0.4 is 0 Å². The molecule has 2 fully saturated rings. The van der Waals surface area contributed by atoms with Crippen molar-refractivity contribution >= 4 is 22.8 Å². The first-order valence-electron chi connectivity index (χ1n) is 35.9. The van der Waals surface area contributed by atoms with Gasteiger partial charge in [-0.1, -0.05) is 198 Å². The van der Waals surface area contributed by atoms with Crippen molar-refractivity contribution in [3.63, 3.8) is 0 Å². The highest BCUT2D eigenvalue weighted by atomic mass is 32.2. The average Bonchev–Trinajstić information content (AvgIpc) is 0.745. The number of alkyl halides is 6. The number of rotatable bonds is 23. The Balaban J connectivity index is 0.000000241. The van der Waals surface area contributed by atoms with E-state index in [0.717, 1.165) is 110 Å². The van der Waals surface area contributed by atoms with Crippen LogP contribution in [0.15, 0.2) is 178 Å². The number of phenols is 4. The highest BCUT2D eigenvalue weighted by molar-refractivity contribution is 7.98. The summed E-state index contributed by atoms with van der Waals surface area (Å²) in [5.41, 5.74) is 13.0. The average molecular weight is 1480 g/mol. The van der Waals surface area contributed by atoms with Crippen molar-refractivity contribution in [1.82, 2.24) is 4.31 Å². The zero-order valence-electron chi connectivity index (χ0n) is 63.2. The molecule has 2 aliphatic rings. The molecule has 10 rings (SSSR count). The molecule has 1 aliphatic carbocycles. The van der Waals surface area contributed by atoms with Crippen LogP contribution in [0.1, 0.15) is 193 Å². The van der Waals surface area contributed by atoms with Gasteiger partial charge in [-0.05, 0) is 185 Å². The molecule has 1 heterocycles. The van der Waals surface area contributed by atoms with E-state index in [4.69, 9.17) is 24.1 Å². The maximum absolute atomic E-state index is 13.6. The summed E-state index contributed by atoms with van der Waals surface area (Å²) in [6, 6.07) is 57.7. The van der Waals surface area contributed by atoms with Crippen LogP contribution in [0.3, 0.4) is 0 Å². The Kier molecular flexibility index (Phi) is 31.5. The third kappa shape index (κ3) is 20.6. The molecule has 18 heteroatoms. The van der Waals surface area contributed by atoms with Crippen LogP contribution in [-0.2, 0) is 93.3 Å². The molecular weight excluding hydrogens is 1370 g/mol. The van der Waals surface area contributed by atoms with Crippen LogP contribution in [0.2, 0.25) is 0 Å². The van der Waals surface area contributed by atoms with Crippen LogP contribution in [0.4, 0.5) is 26.3 Å². The maximum Gasteiger partial charge on any atom is 0.382 e. The minimum absolute atomic E-state index is 0.0146. The highest BCUT2D eigenvalue weighted by Gasteiger charge is 2.70. The van der Waals surface area contributed by atoms with Gasteiger partial charge in [0.1, 0.15) is 23.0 Å². The standard InChI is InChI=1S/C41H52O5.C18H15S.C14H22O2.C13H19F6NS.O2/c1-10-26-18-34(19-27(11-2)37(26)42)40(5,6)32-14-16-33(17-15-32)41(7,35-20-28(12-3)38(43)30(22-35)24-45-8)36-21-29(13-4)39(44)31(23-36)25-46-9;1-4-10-16(11-5-1)19(17-12-6-2-7-13-17)18-14-8-3-9-15-18;1-6-10-7-12(14(2,3)4)8-11(9-16-5)13(10)15;1-11(14,15)12(16,17)13(18,19)21-20-7-6-9-4-2-3-5-10(9)8-20;1-2/h14-23,42-44H,10-13,24-25H2,1-9H3;1-15H;7-8,15H,6,9H2,1-5H3;9-10H,2-8H2,1H3;/q;+1;;;. The molecule has 1 saturated carbocycles. The number of nitrogens with zero attached hydrogens (tertiary/aromatic N) is 1. The van der Waals surface area contributed by atoms with Gasteiger partial charge in [-0.25, -0.2) is 4.31 Å². The van der Waals surface area contributed by atoms with Gasteiger partial charge in [0.15, 0.2) is 14.7 Å². The number of benzene rings is 8. The van der Waals surface area contributed by atoms with Crippen molar-refractivity contribution in [3.05, 3.63) is 252 Å². The normalized spacial score (nSPS) is 15.1. The van der Waals surface area contributed by atoms with E-state index in [9.17, 15) is 46.8 Å².